The van der Waals surface area contributed by atoms with Gasteiger partial charge in [-0.05, 0) is 59.7 Å². The number of amides is 1. The normalized spacial score (nSPS) is 14.8. The van der Waals surface area contributed by atoms with Gasteiger partial charge in [0.2, 0.25) is 5.89 Å². The molecule has 1 amide bonds. The van der Waals surface area contributed by atoms with Crippen LogP contribution in [0.25, 0.3) is 11.3 Å². The van der Waals surface area contributed by atoms with Crippen molar-refractivity contribution >= 4 is 29.1 Å². The molecule has 2 aromatic heterocycles. The molecule has 1 fully saturated rings. The average Bonchev–Trinajstić information content (AvgIpc) is 3.61. The first-order valence-corrected chi connectivity index (χ1v) is 13.8. The van der Waals surface area contributed by atoms with E-state index in [1.54, 1.807) is 65.6 Å². The van der Waals surface area contributed by atoms with Crippen molar-refractivity contribution in [3.63, 3.8) is 0 Å². The van der Waals surface area contributed by atoms with E-state index in [2.05, 4.69) is 20.4 Å². The third-order valence-electron chi connectivity index (χ3n) is 7.47. The van der Waals surface area contributed by atoms with Crippen LogP contribution in [0.5, 0.6) is 0 Å². The zero-order valence-corrected chi connectivity index (χ0v) is 23.1. The highest BCUT2D eigenvalue weighted by Gasteiger charge is 2.36. The van der Waals surface area contributed by atoms with E-state index < -0.39 is 11.7 Å². The highest BCUT2D eigenvalue weighted by atomic mass is 35.5. The van der Waals surface area contributed by atoms with E-state index >= 15 is 0 Å². The van der Waals surface area contributed by atoms with E-state index in [4.69, 9.17) is 27.6 Å². The van der Waals surface area contributed by atoms with E-state index in [1.807, 2.05) is 6.07 Å². The molecule has 2 N–H and O–H groups in total. The lowest BCUT2D eigenvalue weighted by molar-refractivity contribution is 0.0705. The summed E-state index contributed by atoms with van der Waals surface area (Å²) in [5.41, 5.74) is 3.09. The van der Waals surface area contributed by atoms with Gasteiger partial charge >= 0.3 is 5.76 Å². The maximum absolute atomic E-state index is 14.4. The van der Waals surface area contributed by atoms with Gasteiger partial charge in [0, 0.05) is 28.7 Å². The van der Waals surface area contributed by atoms with Gasteiger partial charge in [0.25, 0.3) is 5.91 Å². The highest BCUT2D eigenvalue weighted by Crippen LogP contribution is 2.41. The molecule has 0 radical (unpaired) electrons. The number of nitrogens with zero attached hydrogens (tertiary/aromatic N) is 3. The van der Waals surface area contributed by atoms with Crippen LogP contribution in [0.15, 0.2) is 82.0 Å². The lowest BCUT2D eigenvalue weighted by atomic mass is 9.86. The van der Waals surface area contributed by atoms with E-state index in [-0.39, 0.29) is 29.2 Å². The van der Waals surface area contributed by atoms with Crippen molar-refractivity contribution in [3.05, 3.63) is 127 Å². The van der Waals surface area contributed by atoms with Crippen molar-refractivity contribution in [2.24, 2.45) is 0 Å². The first-order chi connectivity index (χ1) is 19.9. The van der Waals surface area contributed by atoms with Crippen LogP contribution in [-0.2, 0) is 0 Å². The third-order valence-corrected chi connectivity index (χ3v) is 8.07. The van der Waals surface area contributed by atoms with Crippen molar-refractivity contribution in [3.8, 4) is 11.3 Å². The van der Waals surface area contributed by atoms with Crippen molar-refractivity contribution in [1.29, 1.82) is 0 Å². The molecule has 1 aliphatic heterocycles. The summed E-state index contributed by atoms with van der Waals surface area (Å²) in [6.45, 7) is 0.851. The van der Waals surface area contributed by atoms with Gasteiger partial charge in [0.15, 0.2) is 5.69 Å². The second kappa shape index (κ2) is 11.3. The number of hydrogen-bond acceptors (Lipinski definition) is 5. The van der Waals surface area contributed by atoms with Gasteiger partial charge < -0.3 is 9.32 Å². The summed E-state index contributed by atoms with van der Waals surface area (Å²) in [5.74, 6) is -2.08. The maximum Gasteiger partial charge on any atom is 0.434 e. The fraction of sp³-hybridized carbons (Fsp3) is 0.200. The number of H-pyrrole nitrogens is 2. The first kappa shape index (κ1) is 27.0. The Balaban J connectivity index is 1.43. The number of carbonyl (C=O) groups is 1. The number of halogens is 3. The van der Waals surface area contributed by atoms with Gasteiger partial charge in [0.1, 0.15) is 5.82 Å². The van der Waals surface area contributed by atoms with Gasteiger partial charge in [-0.1, -0.05) is 71.7 Å². The molecule has 5 aromatic rings. The Labute approximate surface area is 244 Å². The molecule has 3 heterocycles. The van der Waals surface area contributed by atoms with Crippen molar-refractivity contribution < 1.29 is 13.6 Å². The van der Waals surface area contributed by atoms with Gasteiger partial charge in [-0.15, -0.1) is 5.10 Å². The van der Waals surface area contributed by atoms with Crippen LogP contribution in [0.3, 0.4) is 0 Å². The number of nitrogens with one attached hydrogen (secondary N) is 2. The lowest BCUT2D eigenvalue weighted by Crippen LogP contribution is -2.38. The number of hydrogen-bond donors (Lipinski definition) is 2. The van der Waals surface area contributed by atoms with Crippen LogP contribution >= 0.6 is 23.2 Å². The van der Waals surface area contributed by atoms with Gasteiger partial charge in [-0.3, -0.25) is 9.89 Å². The number of aromatic amines is 2. The molecule has 8 nitrogen and oxygen atoms in total. The molecule has 1 aliphatic rings. The zero-order chi connectivity index (χ0) is 28.5. The summed E-state index contributed by atoms with van der Waals surface area (Å²) in [6, 6.07) is 20.9. The summed E-state index contributed by atoms with van der Waals surface area (Å²) < 4.78 is 19.9. The quantitative estimate of drug-likeness (QED) is 0.237. The SMILES string of the molecule is O=C(c1n[nH]c(-c2ccc(Cl)cc2)c1C(c1n[nH]c(=O)o1)c1ccccc1Cl)N1CCC(c2ccccc2F)CC1. The molecule has 0 bridgehead atoms. The van der Waals surface area contributed by atoms with Crippen LogP contribution in [0.2, 0.25) is 10.0 Å². The van der Waals surface area contributed by atoms with Crippen LogP contribution in [0, 0.1) is 5.82 Å². The van der Waals surface area contributed by atoms with Crippen molar-refractivity contribution in [2.45, 2.75) is 24.7 Å². The number of aromatic nitrogens is 4. The molecule has 0 spiro atoms. The lowest BCUT2D eigenvalue weighted by Gasteiger charge is -2.32. The molecular weight excluding hydrogens is 568 g/mol. The molecular formula is C30H24Cl2FN5O3. The molecule has 1 unspecified atom stereocenters. The number of piperidine rings is 1. The standard InChI is InChI=1S/C30H24Cl2FN5O3/c31-19-11-9-18(10-12-19)26-25(24(28-36-37-30(40)41-28)21-6-1-3-7-22(21)32)27(35-34-26)29(39)38-15-13-17(14-16-38)20-5-2-4-8-23(20)33/h1-12,17,24H,13-16H2,(H,34,35)(H,37,40). The van der Waals surface area contributed by atoms with E-state index in [0.29, 0.717) is 63.9 Å². The second-order valence-corrected chi connectivity index (χ2v) is 10.7. The molecule has 11 heteroatoms. The molecule has 41 heavy (non-hydrogen) atoms. The summed E-state index contributed by atoms with van der Waals surface area (Å²) in [5, 5.41) is 14.9. The predicted molar refractivity (Wildman–Crippen MR) is 153 cm³/mol. The Hall–Kier alpha value is -4.21. The summed E-state index contributed by atoms with van der Waals surface area (Å²) in [6.07, 6.45) is 1.22. The number of benzene rings is 3. The van der Waals surface area contributed by atoms with Crippen LogP contribution < -0.4 is 5.76 Å². The summed E-state index contributed by atoms with van der Waals surface area (Å²) >= 11 is 12.8. The Morgan fingerprint density at radius 3 is 2.34 bits per heavy atom. The van der Waals surface area contributed by atoms with Gasteiger partial charge in [-0.2, -0.15) is 5.10 Å². The van der Waals surface area contributed by atoms with E-state index in [9.17, 15) is 14.0 Å². The summed E-state index contributed by atoms with van der Waals surface area (Å²) in [4.78, 5) is 27.8. The van der Waals surface area contributed by atoms with Crippen molar-refractivity contribution in [2.75, 3.05) is 13.1 Å². The molecule has 6 rings (SSSR count). The fourth-order valence-corrected chi connectivity index (χ4v) is 5.84. The molecule has 208 valence electrons. The number of rotatable bonds is 6. The minimum absolute atomic E-state index is 0.0118. The van der Waals surface area contributed by atoms with Gasteiger partial charge in [0.05, 0.1) is 11.6 Å². The number of carbonyl (C=O) groups excluding carboxylic acids is 1. The van der Waals surface area contributed by atoms with Gasteiger partial charge in [-0.25, -0.2) is 14.3 Å². The highest BCUT2D eigenvalue weighted by molar-refractivity contribution is 6.31. The monoisotopic (exact) mass is 591 g/mol. The largest absolute Gasteiger partial charge is 0.434 e. The zero-order valence-electron chi connectivity index (χ0n) is 21.6. The molecule has 1 saturated heterocycles. The molecule has 0 saturated carbocycles. The third kappa shape index (κ3) is 5.30. The average molecular weight is 592 g/mol. The van der Waals surface area contributed by atoms with Crippen LogP contribution in [-0.4, -0.2) is 44.3 Å². The topological polar surface area (TPSA) is 108 Å². The predicted octanol–water partition coefficient (Wildman–Crippen LogP) is 6.40. The Morgan fingerprint density at radius 2 is 1.66 bits per heavy atom. The minimum Gasteiger partial charge on any atom is -0.391 e. The van der Waals surface area contributed by atoms with Crippen LogP contribution in [0.1, 0.15) is 57.7 Å². The first-order valence-electron chi connectivity index (χ1n) is 13.1. The maximum atomic E-state index is 14.4. The number of likely N-dealkylation sites (tertiary alicyclic amines) is 1. The molecule has 1 atom stereocenters. The van der Waals surface area contributed by atoms with Crippen LogP contribution in [0.4, 0.5) is 4.39 Å². The second-order valence-electron chi connectivity index (χ2n) is 9.86. The molecule has 3 aromatic carbocycles. The minimum atomic E-state index is -0.845. The van der Waals surface area contributed by atoms with Crippen molar-refractivity contribution in [1.82, 2.24) is 25.3 Å². The van der Waals surface area contributed by atoms with E-state index in [1.165, 1.54) is 6.07 Å². The summed E-state index contributed by atoms with van der Waals surface area (Å²) in [7, 11) is 0. The Bertz CT molecular complexity index is 1760. The van der Waals surface area contributed by atoms with E-state index in [0.717, 1.165) is 0 Å². The fourth-order valence-electron chi connectivity index (χ4n) is 5.47. The molecule has 0 aliphatic carbocycles. The Morgan fingerprint density at radius 1 is 0.951 bits per heavy atom. The Kier molecular flexibility index (Phi) is 7.47. The smallest absolute Gasteiger partial charge is 0.391 e.